The Balaban J connectivity index is 0.00000300. The minimum absolute atomic E-state index is 0. The van der Waals surface area contributed by atoms with Gasteiger partial charge in [0.05, 0.1) is 10.7 Å². The van der Waals surface area contributed by atoms with E-state index < -0.39 is 11.6 Å². The predicted octanol–water partition coefficient (Wildman–Crippen LogP) is 3.89. The molecule has 1 aromatic carbocycles. The number of rotatable bonds is 6. The number of thiazole rings is 1. The van der Waals surface area contributed by atoms with Gasteiger partial charge in [-0.05, 0) is 38.3 Å². The first kappa shape index (κ1) is 23.8. The van der Waals surface area contributed by atoms with Crippen LogP contribution in [0.4, 0.5) is 14.5 Å². The highest BCUT2D eigenvalue weighted by atomic mass is 127. The molecule has 1 unspecified atom stereocenters. The molecule has 160 valence electrons. The average molecular weight is 535 g/mol. The van der Waals surface area contributed by atoms with Gasteiger partial charge in [-0.25, -0.2) is 13.8 Å². The summed E-state index contributed by atoms with van der Waals surface area (Å²) >= 11 is 1.74. The van der Waals surface area contributed by atoms with Gasteiger partial charge in [0, 0.05) is 56.3 Å². The lowest BCUT2D eigenvalue weighted by atomic mass is 10.1. The van der Waals surface area contributed by atoms with Crippen LogP contribution in [0, 0.1) is 31.4 Å². The van der Waals surface area contributed by atoms with Crippen LogP contribution in [0.2, 0.25) is 0 Å². The van der Waals surface area contributed by atoms with Crippen LogP contribution >= 0.6 is 35.3 Å². The van der Waals surface area contributed by atoms with Crippen LogP contribution in [0.5, 0.6) is 0 Å². The van der Waals surface area contributed by atoms with Crippen LogP contribution in [0.25, 0.3) is 0 Å². The molecule has 2 N–H and O–H groups in total. The van der Waals surface area contributed by atoms with Crippen LogP contribution < -0.4 is 15.5 Å². The number of aromatic nitrogens is 1. The Morgan fingerprint density at radius 1 is 1.28 bits per heavy atom. The second-order valence-corrected chi connectivity index (χ2v) is 8.37. The van der Waals surface area contributed by atoms with Gasteiger partial charge in [-0.15, -0.1) is 35.3 Å². The van der Waals surface area contributed by atoms with E-state index in [1.807, 2.05) is 6.92 Å². The Morgan fingerprint density at radius 2 is 2.07 bits per heavy atom. The fraction of sp³-hybridized carbons (Fsp3) is 0.500. The molecule has 1 aliphatic heterocycles. The first-order valence-corrected chi connectivity index (χ1v) is 10.4. The number of nitrogens with one attached hydrogen (secondary N) is 2. The Morgan fingerprint density at radius 3 is 2.72 bits per heavy atom. The number of aryl methyl sites for hydroxylation is 2. The van der Waals surface area contributed by atoms with Gasteiger partial charge in [-0.3, -0.25) is 4.99 Å². The van der Waals surface area contributed by atoms with E-state index >= 15 is 0 Å². The SMILES string of the molecule is CN=C(NCCc1nc(C)c(C)s1)NCC1CCN(c2ccc(F)c(F)c2)C1.I. The van der Waals surface area contributed by atoms with Gasteiger partial charge in [0.1, 0.15) is 0 Å². The Kier molecular flexibility index (Phi) is 9.06. The summed E-state index contributed by atoms with van der Waals surface area (Å²) in [5.74, 6) is -0.402. The van der Waals surface area contributed by atoms with Gasteiger partial charge in [-0.2, -0.15) is 0 Å². The second-order valence-electron chi connectivity index (χ2n) is 7.08. The first-order chi connectivity index (χ1) is 13.5. The zero-order valence-electron chi connectivity index (χ0n) is 17.0. The van der Waals surface area contributed by atoms with E-state index in [2.05, 4.69) is 32.4 Å². The van der Waals surface area contributed by atoms with Crippen LogP contribution in [-0.2, 0) is 6.42 Å². The maximum absolute atomic E-state index is 13.5. The molecule has 0 bridgehead atoms. The van der Waals surface area contributed by atoms with Crippen molar-refractivity contribution in [2.45, 2.75) is 26.7 Å². The fourth-order valence-electron chi connectivity index (χ4n) is 3.31. The summed E-state index contributed by atoms with van der Waals surface area (Å²) in [5.41, 5.74) is 1.84. The largest absolute Gasteiger partial charge is 0.371 e. The van der Waals surface area contributed by atoms with Crippen LogP contribution in [0.15, 0.2) is 23.2 Å². The molecule has 1 aromatic heterocycles. The lowest BCUT2D eigenvalue weighted by Crippen LogP contribution is -2.41. The summed E-state index contributed by atoms with van der Waals surface area (Å²) in [5, 5.41) is 7.83. The van der Waals surface area contributed by atoms with Crippen LogP contribution in [0.3, 0.4) is 0 Å². The quantitative estimate of drug-likeness (QED) is 0.335. The maximum atomic E-state index is 13.5. The third kappa shape index (κ3) is 6.50. The molecule has 1 atom stereocenters. The van der Waals surface area contributed by atoms with Crippen LogP contribution in [0.1, 0.15) is 22.0 Å². The Bertz CT molecular complexity index is 823. The number of guanidine groups is 1. The molecule has 0 aliphatic carbocycles. The molecule has 1 saturated heterocycles. The maximum Gasteiger partial charge on any atom is 0.191 e. The topological polar surface area (TPSA) is 52.6 Å². The molecule has 5 nitrogen and oxygen atoms in total. The van der Waals surface area contributed by atoms with Crippen LogP contribution in [-0.4, -0.2) is 44.2 Å². The third-order valence-corrected chi connectivity index (χ3v) is 6.17. The summed E-state index contributed by atoms with van der Waals surface area (Å²) in [6.45, 7) is 7.34. The first-order valence-electron chi connectivity index (χ1n) is 9.53. The molecule has 1 aliphatic rings. The Labute approximate surface area is 192 Å². The van der Waals surface area contributed by atoms with E-state index in [1.54, 1.807) is 24.5 Å². The number of hydrogen-bond acceptors (Lipinski definition) is 4. The zero-order valence-corrected chi connectivity index (χ0v) is 20.1. The summed E-state index contributed by atoms with van der Waals surface area (Å²) in [4.78, 5) is 12.2. The number of anilines is 1. The van der Waals surface area contributed by atoms with Crippen molar-refractivity contribution in [3.05, 3.63) is 45.4 Å². The van der Waals surface area contributed by atoms with Crippen molar-refractivity contribution in [1.82, 2.24) is 15.6 Å². The molecule has 3 rings (SSSR count). The normalized spacial score (nSPS) is 16.7. The van der Waals surface area contributed by atoms with E-state index in [4.69, 9.17) is 0 Å². The van der Waals surface area contributed by atoms with Gasteiger partial charge < -0.3 is 15.5 Å². The Hall–Kier alpha value is -1.49. The summed E-state index contributed by atoms with van der Waals surface area (Å²) < 4.78 is 26.6. The van der Waals surface area contributed by atoms with Crippen molar-refractivity contribution < 1.29 is 8.78 Å². The van der Waals surface area contributed by atoms with Crippen molar-refractivity contribution >= 4 is 47.0 Å². The standard InChI is InChI=1S/C20H27F2N5S.HI/c1-13-14(2)28-19(26-13)6-8-24-20(23-3)25-11-15-7-9-27(12-15)16-4-5-17(21)18(22)10-16;/h4-5,10,15H,6-9,11-12H2,1-3H3,(H2,23,24,25);1H. The summed E-state index contributed by atoms with van der Waals surface area (Å²) in [6.07, 6.45) is 1.87. The number of nitrogens with zero attached hydrogens (tertiary/aromatic N) is 3. The van der Waals surface area contributed by atoms with Crippen molar-refractivity contribution in [2.24, 2.45) is 10.9 Å². The molecule has 0 radical (unpaired) electrons. The summed E-state index contributed by atoms with van der Waals surface area (Å²) in [7, 11) is 1.76. The van der Waals surface area contributed by atoms with E-state index in [0.29, 0.717) is 5.92 Å². The minimum atomic E-state index is -0.806. The van der Waals surface area contributed by atoms with E-state index in [-0.39, 0.29) is 24.0 Å². The smallest absolute Gasteiger partial charge is 0.191 e. The molecule has 0 spiro atoms. The van der Waals surface area contributed by atoms with Crippen molar-refractivity contribution in [2.75, 3.05) is 38.1 Å². The summed E-state index contributed by atoms with van der Waals surface area (Å²) in [6, 6.07) is 4.10. The molecule has 2 aromatic rings. The molecular weight excluding hydrogens is 507 g/mol. The highest BCUT2D eigenvalue weighted by Gasteiger charge is 2.23. The second kappa shape index (κ2) is 11.1. The van der Waals surface area contributed by atoms with Crippen molar-refractivity contribution in [1.29, 1.82) is 0 Å². The fourth-order valence-corrected chi connectivity index (χ4v) is 4.24. The number of hydrogen-bond donors (Lipinski definition) is 2. The molecule has 2 heterocycles. The highest BCUT2D eigenvalue weighted by molar-refractivity contribution is 14.0. The van der Waals surface area contributed by atoms with Crippen molar-refractivity contribution in [3.8, 4) is 0 Å². The average Bonchev–Trinajstić information content (AvgIpc) is 3.27. The third-order valence-electron chi connectivity index (χ3n) is 5.04. The van der Waals surface area contributed by atoms with E-state index in [0.717, 1.165) is 61.4 Å². The number of halogens is 3. The minimum Gasteiger partial charge on any atom is -0.371 e. The lowest BCUT2D eigenvalue weighted by Gasteiger charge is -2.19. The van der Waals surface area contributed by atoms with Gasteiger partial charge in [-0.1, -0.05) is 0 Å². The number of aliphatic imine (C=N–C) groups is 1. The molecule has 29 heavy (non-hydrogen) atoms. The molecule has 0 saturated carbocycles. The van der Waals surface area contributed by atoms with Gasteiger partial charge in [0.2, 0.25) is 0 Å². The highest BCUT2D eigenvalue weighted by Crippen LogP contribution is 2.25. The van der Waals surface area contributed by atoms with E-state index in [9.17, 15) is 8.78 Å². The van der Waals surface area contributed by atoms with Crippen molar-refractivity contribution in [3.63, 3.8) is 0 Å². The van der Waals surface area contributed by atoms with Gasteiger partial charge in [0.15, 0.2) is 17.6 Å². The van der Waals surface area contributed by atoms with Gasteiger partial charge >= 0.3 is 0 Å². The van der Waals surface area contributed by atoms with Gasteiger partial charge in [0.25, 0.3) is 0 Å². The molecule has 0 amide bonds. The van der Waals surface area contributed by atoms with E-state index in [1.165, 1.54) is 17.0 Å². The number of benzene rings is 1. The molecule has 1 fully saturated rings. The molecular formula is C20H28F2IN5S. The lowest BCUT2D eigenvalue weighted by molar-refractivity contribution is 0.508. The predicted molar refractivity (Wildman–Crippen MR) is 127 cm³/mol. The monoisotopic (exact) mass is 535 g/mol. The molecule has 9 heteroatoms. The zero-order chi connectivity index (χ0) is 20.1.